The van der Waals surface area contributed by atoms with Gasteiger partial charge >= 0.3 is 0 Å². The van der Waals surface area contributed by atoms with E-state index in [0.717, 1.165) is 37.3 Å². The highest BCUT2D eigenvalue weighted by Gasteiger charge is 2.21. The normalized spacial score (nSPS) is 14.3. The number of nitrogens with one attached hydrogen (secondary N) is 2. The van der Waals surface area contributed by atoms with Crippen LogP contribution in [0.25, 0.3) is 16.6 Å². The smallest absolute Gasteiger partial charge is 0.257 e. The number of hydrogen-bond acceptors (Lipinski definition) is 6. The Morgan fingerprint density at radius 3 is 2.85 bits per heavy atom. The number of carbonyl (C=O) groups excluding carboxylic acids is 1. The lowest BCUT2D eigenvalue weighted by molar-refractivity contribution is 0.102. The minimum atomic E-state index is -0.496. The van der Waals surface area contributed by atoms with Crippen LogP contribution in [-0.4, -0.2) is 65.0 Å². The number of amides is 1. The summed E-state index contributed by atoms with van der Waals surface area (Å²) in [6.45, 7) is 6.46. The quantitative estimate of drug-likeness (QED) is 0.468. The Balaban J connectivity index is 1.51. The van der Waals surface area contributed by atoms with Gasteiger partial charge in [-0.25, -0.2) is 9.37 Å². The van der Waals surface area contributed by atoms with Crippen LogP contribution in [0.1, 0.15) is 16.1 Å². The third-order valence-corrected chi connectivity index (χ3v) is 5.81. The van der Waals surface area contributed by atoms with Crippen LogP contribution in [0.3, 0.4) is 0 Å². The number of aryl methyl sites for hydroxylation is 1. The minimum Gasteiger partial charge on any atom is -0.383 e. The molecule has 0 radical (unpaired) electrons. The number of halogens is 1. The second kappa shape index (κ2) is 8.80. The van der Waals surface area contributed by atoms with Crippen LogP contribution in [-0.2, 0) is 11.3 Å². The zero-order chi connectivity index (χ0) is 22.9. The van der Waals surface area contributed by atoms with Crippen molar-refractivity contribution >= 4 is 33.8 Å². The zero-order valence-electron chi connectivity index (χ0n) is 18.6. The molecule has 4 heterocycles. The number of carbonyl (C=O) groups is 1. The Labute approximate surface area is 190 Å². The van der Waals surface area contributed by atoms with Gasteiger partial charge in [-0.05, 0) is 19.1 Å². The molecule has 0 atom stereocenters. The standard InChI is InChI=1S/C23H26FN7O2/c1-15-12-30-13-16(11-19(24)22(30)26-15)27-23(32)17-3-4-20(29-7-5-25-6-8-29)18-14-31(9-10-33-2)28-21(17)18/h3-4,11-14,25H,5-10H2,1-2H3,(H,27,32). The van der Waals surface area contributed by atoms with Gasteiger partial charge < -0.3 is 24.7 Å². The van der Waals surface area contributed by atoms with Crippen molar-refractivity contribution in [1.29, 1.82) is 0 Å². The Kier molecular flexibility index (Phi) is 5.69. The number of hydrogen-bond donors (Lipinski definition) is 2. The van der Waals surface area contributed by atoms with Crippen molar-refractivity contribution in [2.45, 2.75) is 13.5 Å². The molecule has 0 unspecified atom stereocenters. The molecule has 3 aromatic heterocycles. The number of ether oxygens (including phenoxy) is 1. The van der Waals surface area contributed by atoms with Gasteiger partial charge in [-0.2, -0.15) is 5.10 Å². The van der Waals surface area contributed by atoms with Gasteiger partial charge in [-0.15, -0.1) is 0 Å². The van der Waals surface area contributed by atoms with E-state index in [2.05, 4.69) is 25.6 Å². The molecule has 1 aliphatic heterocycles. The van der Waals surface area contributed by atoms with Crippen molar-refractivity contribution in [2.75, 3.05) is 50.1 Å². The van der Waals surface area contributed by atoms with E-state index in [4.69, 9.17) is 4.74 Å². The van der Waals surface area contributed by atoms with Crippen LogP contribution in [0.4, 0.5) is 15.8 Å². The predicted octanol–water partition coefficient (Wildman–Crippen LogP) is 2.44. The molecule has 0 spiro atoms. The van der Waals surface area contributed by atoms with Crippen LogP contribution < -0.4 is 15.5 Å². The summed E-state index contributed by atoms with van der Waals surface area (Å²) in [7, 11) is 1.64. The molecule has 0 saturated carbocycles. The summed E-state index contributed by atoms with van der Waals surface area (Å²) < 4.78 is 23.0. The predicted molar refractivity (Wildman–Crippen MR) is 125 cm³/mol. The summed E-state index contributed by atoms with van der Waals surface area (Å²) in [6, 6.07) is 5.04. The third-order valence-electron chi connectivity index (χ3n) is 5.81. The van der Waals surface area contributed by atoms with Gasteiger partial charge in [0.1, 0.15) is 5.52 Å². The molecule has 4 aromatic rings. The number of piperazine rings is 1. The van der Waals surface area contributed by atoms with Crippen molar-refractivity contribution in [1.82, 2.24) is 24.5 Å². The van der Waals surface area contributed by atoms with Gasteiger partial charge in [-0.1, -0.05) is 0 Å². The molecule has 1 amide bonds. The highest BCUT2D eigenvalue weighted by atomic mass is 19.1. The summed E-state index contributed by atoms with van der Waals surface area (Å²) in [5.41, 5.74) is 3.37. The summed E-state index contributed by atoms with van der Waals surface area (Å²) in [6.07, 6.45) is 5.33. The number of benzene rings is 1. The first-order valence-corrected chi connectivity index (χ1v) is 10.9. The molecule has 0 aliphatic carbocycles. The number of methoxy groups -OCH3 is 1. The Hall–Kier alpha value is -3.50. The monoisotopic (exact) mass is 451 g/mol. The lowest BCUT2D eigenvalue weighted by Gasteiger charge is -2.30. The fourth-order valence-corrected chi connectivity index (χ4v) is 4.25. The molecule has 172 valence electrons. The second-order valence-electron chi connectivity index (χ2n) is 8.16. The molecule has 2 N–H and O–H groups in total. The van der Waals surface area contributed by atoms with Crippen molar-refractivity contribution in [3.05, 3.63) is 53.9 Å². The molecule has 9 nitrogen and oxygen atoms in total. The largest absolute Gasteiger partial charge is 0.383 e. The average molecular weight is 452 g/mol. The molecule has 1 fully saturated rings. The molecule has 33 heavy (non-hydrogen) atoms. The average Bonchev–Trinajstić information content (AvgIpc) is 3.40. The number of pyridine rings is 1. The van der Waals surface area contributed by atoms with E-state index in [0.29, 0.717) is 35.6 Å². The summed E-state index contributed by atoms with van der Waals surface area (Å²) in [5, 5.41) is 11.8. The molecule has 5 rings (SSSR count). The molecule has 0 bridgehead atoms. The number of anilines is 2. The van der Waals surface area contributed by atoms with Gasteiger partial charge in [0.15, 0.2) is 11.5 Å². The Morgan fingerprint density at radius 2 is 2.06 bits per heavy atom. The molecule has 1 aromatic carbocycles. The Morgan fingerprint density at radius 1 is 1.24 bits per heavy atom. The molecular formula is C23H26FN7O2. The van der Waals surface area contributed by atoms with Crippen molar-refractivity contribution in [3.8, 4) is 0 Å². The third kappa shape index (κ3) is 4.14. The van der Waals surface area contributed by atoms with E-state index >= 15 is 0 Å². The Bertz CT molecular complexity index is 1320. The summed E-state index contributed by atoms with van der Waals surface area (Å²) in [5.74, 6) is -0.844. The van der Waals surface area contributed by atoms with Crippen molar-refractivity contribution in [3.63, 3.8) is 0 Å². The first-order valence-electron chi connectivity index (χ1n) is 10.9. The van der Waals surface area contributed by atoms with Crippen LogP contribution in [0, 0.1) is 12.7 Å². The number of imidazole rings is 1. The first kappa shape index (κ1) is 21.4. The van der Waals surface area contributed by atoms with Crippen molar-refractivity contribution < 1.29 is 13.9 Å². The summed E-state index contributed by atoms with van der Waals surface area (Å²) >= 11 is 0. The van der Waals surface area contributed by atoms with E-state index in [1.54, 1.807) is 41.6 Å². The molecule has 10 heteroatoms. The van der Waals surface area contributed by atoms with Gasteiger partial charge in [-0.3, -0.25) is 9.48 Å². The lowest BCUT2D eigenvalue weighted by Crippen LogP contribution is -2.43. The SMILES string of the molecule is COCCn1cc2c(N3CCNCC3)ccc(C(=O)Nc3cc(F)c4nc(C)cn4c3)c2n1. The summed E-state index contributed by atoms with van der Waals surface area (Å²) in [4.78, 5) is 19.7. The maximum Gasteiger partial charge on any atom is 0.257 e. The first-order chi connectivity index (χ1) is 16.0. The minimum absolute atomic E-state index is 0.227. The van der Waals surface area contributed by atoms with E-state index in [-0.39, 0.29) is 11.6 Å². The van der Waals surface area contributed by atoms with Crippen LogP contribution >= 0.6 is 0 Å². The van der Waals surface area contributed by atoms with Gasteiger partial charge in [0.05, 0.1) is 30.1 Å². The number of nitrogens with zero attached hydrogens (tertiary/aromatic N) is 5. The van der Waals surface area contributed by atoms with E-state index < -0.39 is 5.82 Å². The zero-order valence-corrected chi connectivity index (χ0v) is 18.6. The van der Waals surface area contributed by atoms with Crippen LogP contribution in [0.15, 0.2) is 36.8 Å². The number of fused-ring (bicyclic) bond motifs is 2. The van der Waals surface area contributed by atoms with Gasteiger partial charge in [0.2, 0.25) is 0 Å². The van der Waals surface area contributed by atoms with Crippen LogP contribution in [0.2, 0.25) is 0 Å². The van der Waals surface area contributed by atoms with E-state index in [1.807, 2.05) is 12.3 Å². The van der Waals surface area contributed by atoms with E-state index in [1.165, 1.54) is 6.07 Å². The maximum absolute atomic E-state index is 14.5. The highest BCUT2D eigenvalue weighted by Crippen LogP contribution is 2.30. The lowest BCUT2D eigenvalue weighted by atomic mass is 10.1. The van der Waals surface area contributed by atoms with E-state index in [9.17, 15) is 9.18 Å². The molecular weight excluding hydrogens is 425 g/mol. The van der Waals surface area contributed by atoms with Gasteiger partial charge in [0, 0.05) is 69.0 Å². The van der Waals surface area contributed by atoms with Crippen LogP contribution in [0.5, 0.6) is 0 Å². The fourth-order valence-electron chi connectivity index (χ4n) is 4.25. The number of aromatic nitrogens is 4. The molecule has 1 saturated heterocycles. The topological polar surface area (TPSA) is 88.7 Å². The molecule has 1 aliphatic rings. The fraction of sp³-hybridized carbons (Fsp3) is 0.348. The highest BCUT2D eigenvalue weighted by molar-refractivity contribution is 6.13. The maximum atomic E-state index is 14.5. The second-order valence-corrected chi connectivity index (χ2v) is 8.16. The van der Waals surface area contributed by atoms with Crippen molar-refractivity contribution in [2.24, 2.45) is 0 Å². The number of rotatable bonds is 6. The van der Waals surface area contributed by atoms with Gasteiger partial charge in [0.25, 0.3) is 5.91 Å².